The predicted molar refractivity (Wildman–Crippen MR) is 104 cm³/mol. The molecule has 3 aromatic rings. The zero-order chi connectivity index (χ0) is 18.8. The van der Waals surface area contributed by atoms with Gasteiger partial charge in [0.2, 0.25) is 0 Å². The first-order chi connectivity index (χ1) is 13.2. The van der Waals surface area contributed by atoms with E-state index < -0.39 is 0 Å². The van der Waals surface area contributed by atoms with Gasteiger partial charge < -0.3 is 14.5 Å². The molecule has 0 unspecified atom stereocenters. The number of aryl methyl sites for hydroxylation is 1. The molecule has 4 rings (SSSR count). The standard InChI is InChI=1S/C20H23N5O2/c1-3-25-17-9-8-15(14-16(17)21-22-25)20(26)24-12-10-23(11-13-24)18-6-4-5-7-19(18)27-2/h4-9,14H,3,10-13H2,1-2H3. The van der Waals surface area contributed by atoms with E-state index >= 15 is 0 Å². The summed E-state index contributed by atoms with van der Waals surface area (Å²) in [7, 11) is 1.68. The molecule has 7 heteroatoms. The molecule has 1 amide bonds. The van der Waals surface area contributed by atoms with Gasteiger partial charge in [0.25, 0.3) is 5.91 Å². The van der Waals surface area contributed by atoms with Crippen molar-refractivity contribution in [2.75, 3.05) is 38.2 Å². The van der Waals surface area contributed by atoms with Crippen molar-refractivity contribution in [2.45, 2.75) is 13.5 Å². The number of nitrogens with zero attached hydrogens (tertiary/aromatic N) is 5. The number of benzene rings is 2. The fraction of sp³-hybridized carbons (Fsp3) is 0.350. The molecule has 2 heterocycles. The third-order valence-corrected chi connectivity index (χ3v) is 5.05. The van der Waals surface area contributed by atoms with Crippen molar-refractivity contribution >= 4 is 22.6 Å². The Morgan fingerprint density at radius 3 is 2.63 bits per heavy atom. The van der Waals surface area contributed by atoms with Gasteiger partial charge in [-0.3, -0.25) is 4.79 Å². The molecule has 1 saturated heterocycles. The number of anilines is 1. The molecule has 1 aliphatic rings. The van der Waals surface area contributed by atoms with E-state index in [0.29, 0.717) is 18.7 Å². The van der Waals surface area contributed by atoms with Crippen LogP contribution in [-0.4, -0.2) is 59.1 Å². The lowest BCUT2D eigenvalue weighted by Gasteiger charge is -2.36. The number of ether oxygens (including phenoxy) is 1. The largest absolute Gasteiger partial charge is 0.495 e. The van der Waals surface area contributed by atoms with Crippen molar-refractivity contribution in [3.8, 4) is 5.75 Å². The highest BCUT2D eigenvalue weighted by Crippen LogP contribution is 2.28. The van der Waals surface area contributed by atoms with Gasteiger partial charge in [-0.2, -0.15) is 0 Å². The van der Waals surface area contributed by atoms with E-state index in [2.05, 4.69) is 21.3 Å². The van der Waals surface area contributed by atoms with E-state index in [1.807, 2.05) is 52.9 Å². The Labute approximate surface area is 158 Å². The highest BCUT2D eigenvalue weighted by Gasteiger charge is 2.24. The number of aromatic nitrogens is 3. The van der Waals surface area contributed by atoms with Crippen molar-refractivity contribution in [3.63, 3.8) is 0 Å². The van der Waals surface area contributed by atoms with Crippen molar-refractivity contribution in [1.29, 1.82) is 0 Å². The maximum absolute atomic E-state index is 12.9. The van der Waals surface area contributed by atoms with Crippen molar-refractivity contribution in [3.05, 3.63) is 48.0 Å². The summed E-state index contributed by atoms with van der Waals surface area (Å²) in [5, 5.41) is 8.28. The molecule has 0 atom stereocenters. The van der Waals surface area contributed by atoms with Gasteiger partial charge in [0.15, 0.2) is 0 Å². The Kier molecular flexibility index (Phi) is 4.66. The second-order valence-electron chi connectivity index (χ2n) is 6.56. The highest BCUT2D eigenvalue weighted by molar-refractivity contribution is 5.97. The van der Waals surface area contributed by atoms with E-state index in [-0.39, 0.29) is 5.91 Å². The Hall–Kier alpha value is -3.09. The number of rotatable bonds is 4. The number of piperazine rings is 1. The van der Waals surface area contributed by atoms with Crippen LogP contribution in [0.5, 0.6) is 5.75 Å². The predicted octanol–water partition coefficient (Wildman–Crippen LogP) is 2.42. The summed E-state index contributed by atoms with van der Waals surface area (Å²) in [4.78, 5) is 17.1. The van der Waals surface area contributed by atoms with Gasteiger partial charge in [-0.05, 0) is 37.3 Å². The molecule has 140 valence electrons. The SMILES string of the molecule is CCn1nnc2cc(C(=O)N3CCN(c4ccccc4OC)CC3)ccc21. The molecule has 1 aromatic heterocycles. The van der Waals surface area contributed by atoms with Crippen LogP contribution >= 0.6 is 0 Å². The average molecular weight is 365 g/mol. The maximum Gasteiger partial charge on any atom is 0.254 e. The summed E-state index contributed by atoms with van der Waals surface area (Å²) in [6, 6.07) is 13.6. The highest BCUT2D eigenvalue weighted by atomic mass is 16.5. The minimum atomic E-state index is 0.0441. The lowest BCUT2D eigenvalue weighted by molar-refractivity contribution is 0.0747. The van der Waals surface area contributed by atoms with E-state index in [0.717, 1.165) is 42.1 Å². The van der Waals surface area contributed by atoms with Crippen LogP contribution in [0.25, 0.3) is 11.0 Å². The first-order valence-corrected chi connectivity index (χ1v) is 9.21. The Balaban J connectivity index is 1.47. The number of methoxy groups -OCH3 is 1. The van der Waals surface area contributed by atoms with Gasteiger partial charge in [0, 0.05) is 38.3 Å². The summed E-state index contributed by atoms with van der Waals surface area (Å²) < 4.78 is 7.29. The van der Waals surface area contributed by atoms with Crippen LogP contribution in [0.4, 0.5) is 5.69 Å². The van der Waals surface area contributed by atoms with E-state index in [1.165, 1.54) is 0 Å². The van der Waals surface area contributed by atoms with Gasteiger partial charge in [-0.15, -0.1) is 5.10 Å². The van der Waals surface area contributed by atoms with Crippen LogP contribution in [0, 0.1) is 0 Å². The molecule has 0 bridgehead atoms. The molecule has 2 aromatic carbocycles. The van der Waals surface area contributed by atoms with Crippen LogP contribution in [-0.2, 0) is 6.54 Å². The Bertz CT molecular complexity index is 960. The van der Waals surface area contributed by atoms with Crippen molar-refractivity contribution < 1.29 is 9.53 Å². The van der Waals surface area contributed by atoms with Crippen molar-refractivity contribution in [2.24, 2.45) is 0 Å². The summed E-state index contributed by atoms with van der Waals surface area (Å²) >= 11 is 0. The molecular weight excluding hydrogens is 342 g/mol. The topological polar surface area (TPSA) is 63.5 Å². The zero-order valence-electron chi connectivity index (χ0n) is 15.6. The minimum Gasteiger partial charge on any atom is -0.495 e. The van der Waals surface area contributed by atoms with Gasteiger partial charge in [0.1, 0.15) is 11.3 Å². The van der Waals surface area contributed by atoms with Gasteiger partial charge in [0.05, 0.1) is 18.3 Å². The van der Waals surface area contributed by atoms with Gasteiger partial charge in [-0.25, -0.2) is 4.68 Å². The molecule has 27 heavy (non-hydrogen) atoms. The first-order valence-electron chi connectivity index (χ1n) is 9.21. The molecular formula is C20H23N5O2. The number of para-hydroxylation sites is 2. The average Bonchev–Trinajstić information content (AvgIpc) is 3.15. The fourth-order valence-corrected chi connectivity index (χ4v) is 3.56. The lowest BCUT2D eigenvalue weighted by atomic mass is 10.1. The quantitative estimate of drug-likeness (QED) is 0.711. The number of hydrogen-bond donors (Lipinski definition) is 0. The van der Waals surface area contributed by atoms with Crippen LogP contribution < -0.4 is 9.64 Å². The third kappa shape index (κ3) is 3.20. The molecule has 1 aliphatic heterocycles. The molecule has 0 saturated carbocycles. The smallest absolute Gasteiger partial charge is 0.254 e. The van der Waals surface area contributed by atoms with Gasteiger partial charge in [-0.1, -0.05) is 17.3 Å². The fourth-order valence-electron chi connectivity index (χ4n) is 3.56. The number of carbonyl (C=O) groups excluding carboxylic acids is 1. The molecule has 1 fully saturated rings. The van der Waals surface area contributed by atoms with E-state index in [9.17, 15) is 4.79 Å². The number of carbonyl (C=O) groups is 1. The molecule has 0 spiro atoms. The van der Waals surface area contributed by atoms with Crippen molar-refractivity contribution in [1.82, 2.24) is 19.9 Å². The maximum atomic E-state index is 12.9. The van der Waals surface area contributed by atoms with Crippen LogP contribution in [0.2, 0.25) is 0 Å². The second kappa shape index (κ2) is 7.26. The summed E-state index contributed by atoms with van der Waals surface area (Å²) in [5.74, 6) is 0.907. The number of fused-ring (bicyclic) bond motifs is 1. The Morgan fingerprint density at radius 1 is 1.11 bits per heavy atom. The zero-order valence-corrected chi connectivity index (χ0v) is 15.6. The molecule has 0 N–H and O–H groups in total. The lowest BCUT2D eigenvalue weighted by Crippen LogP contribution is -2.48. The Morgan fingerprint density at radius 2 is 1.89 bits per heavy atom. The summed E-state index contributed by atoms with van der Waals surface area (Å²) in [5.41, 5.74) is 3.45. The monoisotopic (exact) mass is 365 g/mol. The summed E-state index contributed by atoms with van der Waals surface area (Å²) in [6.07, 6.45) is 0. The minimum absolute atomic E-state index is 0.0441. The van der Waals surface area contributed by atoms with Crippen LogP contribution in [0.3, 0.4) is 0 Å². The molecule has 7 nitrogen and oxygen atoms in total. The first kappa shape index (κ1) is 17.3. The molecule has 0 radical (unpaired) electrons. The number of hydrogen-bond acceptors (Lipinski definition) is 5. The van der Waals surface area contributed by atoms with Crippen LogP contribution in [0.15, 0.2) is 42.5 Å². The summed E-state index contributed by atoms with van der Waals surface area (Å²) in [6.45, 7) is 5.69. The van der Waals surface area contributed by atoms with Gasteiger partial charge >= 0.3 is 0 Å². The van der Waals surface area contributed by atoms with E-state index in [4.69, 9.17) is 4.74 Å². The second-order valence-corrected chi connectivity index (χ2v) is 6.56. The molecule has 0 aliphatic carbocycles. The van der Waals surface area contributed by atoms with Crippen LogP contribution in [0.1, 0.15) is 17.3 Å². The normalized spacial score (nSPS) is 14.6. The number of amides is 1. The third-order valence-electron chi connectivity index (χ3n) is 5.05. The van der Waals surface area contributed by atoms with E-state index in [1.54, 1.807) is 7.11 Å².